The molecule has 2 atom stereocenters. The Balaban J connectivity index is 2.90. The molecule has 0 amide bonds. The molecular formula is C13H26O. The fourth-order valence-corrected chi connectivity index (χ4v) is 3.10. The molecule has 84 valence electrons. The summed E-state index contributed by atoms with van der Waals surface area (Å²) >= 11 is 0. The standard InChI is InChI=1S/C13H26O/c1-10-7-12(5,6)9-13(14,8-10)11(2,3)4/h10,14H,7-9H2,1-6H3. The molecule has 0 aromatic carbocycles. The van der Waals surface area contributed by atoms with Crippen molar-refractivity contribution in [2.24, 2.45) is 16.7 Å². The third-order valence-corrected chi connectivity index (χ3v) is 3.75. The van der Waals surface area contributed by atoms with Crippen LogP contribution in [0, 0.1) is 16.7 Å². The van der Waals surface area contributed by atoms with Gasteiger partial charge in [-0.2, -0.15) is 0 Å². The fraction of sp³-hybridized carbons (Fsp3) is 1.00. The zero-order chi connectivity index (χ0) is 11.2. The molecule has 1 N–H and O–H groups in total. The Labute approximate surface area is 88.9 Å². The summed E-state index contributed by atoms with van der Waals surface area (Å²) in [5.74, 6) is 0.642. The first-order valence-electron chi connectivity index (χ1n) is 5.78. The predicted octanol–water partition coefficient (Wildman–Crippen LogP) is 3.61. The first kappa shape index (κ1) is 12.0. The molecule has 0 spiro atoms. The Hall–Kier alpha value is -0.0400. The van der Waals surface area contributed by atoms with Crippen molar-refractivity contribution in [3.05, 3.63) is 0 Å². The number of aliphatic hydroxyl groups is 1. The molecule has 1 fully saturated rings. The van der Waals surface area contributed by atoms with Gasteiger partial charge in [0.05, 0.1) is 5.60 Å². The Morgan fingerprint density at radius 3 is 2.00 bits per heavy atom. The Morgan fingerprint density at radius 2 is 1.64 bits per heavy atom. The number of rotatable bonds is 0. The summed E-state index contributed by atoms with van der Waals surface area (Å²) in [6, 6.07) is 0. The molecule has 0 saturated heterocycles. The van der Waals surface area contributed by atoms with Gasteiger partial charge in [0.15, 0.2) is 0 Å². The first-order chi connectivity index (χ1) is 6.06. The summed E-state index contributed by atoms with van der Waals surface area (Å²) in [6.07, 6.45) is 3.14. The highest BCUT2D eigenvalue weighted by Gasteiger charge is 2.48. The van der Waals surface area contributed by atoms with Crippen LogP contribution in [0.2, 0.25) is 0 Å². The molecule has 0 bridgehead atoms. The van der Waals surface area contributed by atoms with Crippen LogP contribution in [0.4, 0.5) is 0 Å². The van der Waals surface area contributed by atoms with Crippen LogP contribution < -0.4 is 0 Å². The van der Waals surface area contributed by atoms with Gasteiger partial charge in [-0.25, -0.2) is 0 Å². The Kier molecular flexibility index (Phi) is 2.78. The van der Waals surface area contributed by atoms with Gasteiger partial charge < -0.3 is 5.11 Å². The van der Waals surface area contributed by atoms with Crippen molar-refractivity contribution < 1.29 is 5.11 Å². The van der Waals surface area contributed by atoms with E-state index in [2.05, 4.69) is 41.5 Å². The Morgan fingerprint density at radius 1 is 1.14 bits per heavy atom. The van der Waals surface area contributed by atoms with E-state index in [0.717, 1.165) is 12.8 Å². The van der Waals surface area contributed by atoms with Gasteiger partial charge in [0.25, 0.3) is 0 Å². The second kappa shape index (κ2) is 3.23. The number of hydrogen-bond donors (Lipinski definition) is 1. The summed E-state index contributed by atoms with van der Waals surface area (Å²) in [6.45, 7) is 13.3. The van der Waals surface area contributed by atoms with Crippen molar-refractivity contribution in [2.45, 2.75) is 66.4 Å². The molecule has 1 saturated carbocycles. The Bertz CT molecular complexity index is 212. The van der Waals surface area contributed by atoms with Crippen LogP contribution in [0.5, 0.6) is 0 Å². The zero-order valence-electron chi connectivity index (χ0n) is 10.6. The van der Waals surface area contributed by atoms with E-state index in [-0.39, 0.29) is 5.41 Å². The van der Waals surface area contributed by atoms with Gasteiger partial charge in [-0.05, 0) is 36.0 Å². The second-order valence-electron chi connectivity index (χ2n) is 7.14. The van der Waals surface area contributed by atoms with Gasteiger partial charge in [0.1, 0.15) is 0 Å². The summed E-state index contributed by atoms with van der Waals surface area (Å²) < 4.78 is 0. The maximum Gasteiger partial charge on any atom is 0.0703 e. The minimum atomic E-state index is -0.478. The van der Waals surface area contributed by atoms with E-state index in [1.807, 2.05) is 0 Å². The molecule has 0 radical (unpaired) electrons. The molecule has 0 aromatic heterocycles. The van der Waals surface area contributed by atoms with Gasteiger partial charge in [-0.15, -0.1) is 0 Å². The van der Waals surface area contributed by atoms with Crippen molar-refractivity contribution in [2.75, 3.05) is 0 Å². The maximum atomic E-state index is 10.7. The number of hydrogen-bond acceptors (Lipinski definition) is 1. The minimum absolute atomic E-state index is 0.00104. The summed E-state index contributed by atoms with van der Waals surface area (Å²) in [5.41, 5.74) is -0.188. The highest BCUT2D eigenvalue weighted by molar-refractivity contribution is 4.99. The van der Waals surface area contributed by atoms with Crippen LogP contribution in [0.3, 0.4) is 0 Å². The van der Waals surface area contributed by atoms with Crippen LogP contribution in [0.1, 0.15) is 60.8 Å². The van der Waals surface area contributed by atoms with Gasteiger partial charge in [0, 0.05) is 0 Å². The van der Waals surface area contributed by atoms with E-state index in [9.17, 15) is 5.11 Å². The van der Waals surface area contributed by atoms with E-state index in [4.69, 9.17) is 0 Å². The van der Waals surface area contributed by atoms with Gasteiger partial charge in [-0.1, -0.05) is 41.5 Å². The molecule has 1 nitrogen and oxygen atoms in total. The SMILES string of the molecule is CC1CC(C)(C)CC(O)(C(C)(C)C)C1. The first-order valence-corrected chi connectivity index (χ1v) is 5.78. The lowest BCUT2D eigenvalue weighted by Crippen LogP contribution is -2.50. The summed E-state index contributed by atoms with van der Waals surface area (Å²) in [4.78, 5) is 0. The fourth-order valence-electron chi connectivity index (χ4n) is 3.10. The van der Waals surface area contributed by atoms with Crippen molar-refractivity contribution in [1.82, 2.24) is 0 Å². The average molecular weight is 198 g/mol. The molecule has 0 aromatic rings. The van der Waals surface area contributed by atoms with Crippen LogP contribution in [0.25, 0.3) is 0 Å². The van der Waals surface area contributed by atoms with Crippen molar-refractivity contribution in [3.8, 4) is 0 Å². The molecule has 1 heteroatoms. The molecule has 0 heterocycles. The second-order valence-corrected chi connectivity index (χ2v) is 7.14. The average Bonchev–Trinajstić information content (AvgIpc) is 1.76. The highest BCUT2D eigenvalue weighted by atomic mass is 16.3. The van der Waals surface area contributed by atoms with Crippen LogP contribution in [0.15, 0.2) is 0 Å². The largest absolute Gasteiger partial charge is 0.389 e. The van der Waals surface area contributed by atoms with Gasteiger partial charge in [-0.3, -0.25) is 0 Å². The van der Waals surface area contributed by atoms with E-state index < -0.39 is 5.60 Å². The van der Waals surface area contributed by atoms with E-state index in [1.54, 1.807) is 0 Å². The minimum Gasteiger partial charge on any atom is -0.389 e. The summed E-state index contributed by atoms with van der Waals surface area (Å²) in [5, 5.41) is 10.7. The van der Waals surface area contributed by atoms with Crippen molar-refractivity contribution >= 4 is 0 Å². The van der Waals surface area contributed by atoms with Gasteiger partial charge >= 0.3 is 0 Å². The van der Waals surface area contributed by atoms with Crippen LogP contribution in [-0.2, 0) is 0 Å². The van der Waals surface area contributed by atoms with Crippen LogP contribution >= 0.6 is 0 Å². The summed E-state index contributed by atoms with van der Waals surface area (Å²) in [7, 11) is 0. The lowest BCUT2D eigenvalue weighted by molar-refractivity contribution is -0.128. The normalized spacial score (nSPS) is 38.4. The predicted molar refractivity (Wildman–Crippen MR) is 61.2 cm³/mol. The highest BCUT2D eigenvalue weighted by Crippen LogP contribution is 2.50. The maximum absolute atomic E-state index is 10.7. The zero-order valence-corrected chi connectivity index (χ0v) is 10.6. The molecule has 1 aliphatic rings. The quantitative estimate of drug-likeness (QED) is 0.630. The third-order valence-electron chi connectivity index (χ3n) is 3.75. The lowest BCUT2D eigenvalue weighted by Gasteiger charge is -2.51. The molecule has 0 aliphatic heterocycles. The molecule has 1 rings (SSSR count). The lowest BCUT2D eigenvalue weighted by atomic mass is 9.58. The molecule has 1 aliphatic carbocycles. The monoisotopic (exact) mass is 198 g/mol. The third kappa shape index (κ3) is 2.31. The molecule has 2 unspecified atom stereocenters. The van der Waals surface area contributed by atoms with Gasteiger partial charge in [0.2, 0.25) is 0 Å². The topological polar surface area (TPSA) is 20.2 Å². The molecular weight excluding hydrogens is 172 g/mol. The van der Waals surface area contributed by atoms with E-state index in [0.29, 0.717) is 11.3 Å². The molecule has 14 heavy (non-hydrogen) atoms. The van der Waals surface area contributed by atoms with E-state index >= 15 is 0 Å². The van der Waals surface area contributed by atoms with Crippen molar-refractivity contribution in [3.63, 3.8) is 0 Å². The van der Waals surface area contributed by atoms with Crippen LogP contribution in [-0.4, -0.2) is 10.7 Å². The van der Waals surface area contributed by atoms with E-state index in [1.165, 1.54) is 6.42 Å². The smallest absolute Gasteiger partial charge is 0.0703 e. The van der Waals surface area contributed by atoms with Crippen molar-refractivity contribution in [1.29, 1.82) is 0 Å².